The molecule has 6 N–H and O–H groups in total. The monoisotopic (exact) mass is 412 g/mol. The number of nitrogens with one attached hydrogen (secondary N) is 2. The molecule has 0 spiro atoms. The maximum Gasteiger partial charge on any atom is 0.415 e. The van der Waals surface area contributed by atoms with E-state index < -0.39 is 30.1 Å². The number of carbonyl (C=O) groups excluding carboxylic acids is 2. The van der Waals surface area contributed by atoms with E-state index in [1.807, 2.05) is 0 Å². The van der Waals surface area contributed by atoms with E-state index in [2.05, 4.69) is 5.32 Å². The number of hydrogen-bond donors (Lipinski definition) is 5. The van der Waals surface area contributed by atoms with Gasteiger partial charge in [0.05, 0.1) is 6.54 Å². The summed E-state index contributed by atoms with van der Waals surface area (Å²) in [4.78, 5) is 37.5. The number of nitrogens with zero attached hydrogens (tertiary/aromatic N) is 1. The zero-order valence-corrected chi connectivity index (χ0v) is 15.7. The quantitative estimate of drug-likeness (QED) is 0.331. The van der Waals surface area contributed by atoms with Gasteiger partial charge in [-0.1, -0.05) is 12.1 Å². The van der Waals surface area contributed by atoms with Crippen molar-refractivity contribution in [3.63, 3.8) is 0 Å². The predicted octanol–water partition coefficient (Wildman–Crippen LogP) is 0.814. The third-order valence-corrected chi connectivity index (χ3v) is 4.59. The summed E-state index contributed by atoms with van der Waals surface area (Å²) in [5, 5.41) is 28.5. The number of phenolic OH excluding ortho intramolecular Hbond substituents is 1. The molecule has 3 rings (SSSR count). The van der Waals surface area contributed by atoms with E-state index in [-0.39, 0.29) is 24.6 Å². The number of amidine groups is 1. The molecule has 1 aliphatic heterocycles. The van der Waals surface area contributed by atoms with Crippen LogP contribution in [0.2, 0.25) is 0 Å². The molecule has 0 radical (unpaired) electrons. The molecule has 1 aliphatic rings. The lowest BCUT2D eigenvalue weighted by Crippen LogP contribution is -2.47. The van der Waals surface area contributed by atoms with Gasteiger partial charge in [0, 0.05) is 17.7 Å². The Morgan fingerprint density at radius 3 is 2.40 bits per heavy atom. The molecule has 0 aromatic heterocycles. The highest BCUT2D eigenvalue weighted by molar-refractivity contribution is 5.98. The van der Waals surface area contributed by atoms with Gasteiger partial charge in [-0.3, -0.25) is 15.1 Å². The molecule has 0 saturated carbocycles. The van der Waals surface area contributed by atoms with Crippen LogP contribution in [0.25, 0.3) is 0 Å². The fourth-order valence-corrected chi connectivity index (χ4v) is 2.96. The summed E-state index contributed by atoms with van der Waals surface area (Å²) >= 11 is 0. The Hall–Kier alpha value is -4.08. The third-order valence-electron chi connectivity index (χ3n) is 4.59. The van der Waals surface area contributed by atoms with E-state index in [0.717, 1.165) is 0 Å². The first-order valence-electron chi connectivity index (χ1n) is 8.98. The van der Waals surface area contributed by atoms with Gasteiger partial charge in [0.15, 0.2) is 6.10 Å². The number of cyclic esters (lactones) is 1. The van der Waals surface area contributed by atoms with Crippen molar-refractivity contribution in [1.82, 2.24) is 5.32 Å². The second-order valence-electron chi connectivity index (χ2n) is 6.71. The molecular weight excluding hydrogens is 392 g/mol. The molecule has 0 aliphatic carbocycles. The van der Waals surface area contributed by atoms with Crippen molar-refractivity contribution in [3.8, 4) is 5.75 Å². The molecule has 1 saturated heterocycles. The number of anilines is 1. The lowest BCUT2D eigenvalue weighted by molar-refractivity contribution is -0.142. The maximum absolute atomic E-state index is 12.5. The van der Waals surface area contributed by atoms with Crippen LogP contribution in [0, 0.1) is 5.41 Å². The lowest BCUT2D eigenvalue weighted by Gasteiger charge is -2.17. The molecule has 156 valence electrons. The Balaban J connectivity index is 1.65. The summed E-state index contributed by atoms with van der Waals surface area (Å²) < 4.78 is 5.10. The van der Waals surface area contributed by atoms with Gasteiger partial charge in [0.2, 0.25) is 0 Å². The number of carboxylic acid groups (broad SMARTS) is 1. The number of phenols is 1. The van der Waals surface area contributed by atoms with Crippen LogP contribution < -0.4 is 16.0 Å². The van der Waals surface area contributed by atoms with Gasteiger partial charge in [0.25, 0.3) is 5.91 Å². The van der Waals surface area contributed by atoms with Crippen LogP contribution in [-0.2, 0) is 20.7 Å². The molecule has 10 nitrogen and oxygen atoms in total. The smallest absolute Gasteiger partial charge is 0.415 e. The van der Waals surface area contributed by atoms with Crippen LogP contribution in [0.5, 0.6) is 5.75 Å². The summed E-state index contributed by atoms with van der Waals surface area (Å²) in [6.45, 7) is -0.0877. The molecule has 2 amide bonds. The average molecular weight is 412 g/mol. The largest absolute Gasteiger partial charge is 0.508 e. The number of rotatable bonds is 7. The van der Waals surface area contributed by atoms with Crippen molar-refractivity contribution in [2.75, 3.05) is 11.4 Å². The van der Waals surface area contributed by atoms with Gasteiger partial charge in [-0.15, -0.1) is 0 Å². The molecule has 2 aromatic carbocycles. The highest BCUT2D eigenvalue weighted by Crippen LogP contribution is 2.22. The number of carbonyl (C=O) groups is 3. The molecule has 1 unspecified atom stereocenters. The molecule has 2 aromatic rings. The first kappa shape index (κ1) is 20.6. The predicted molar refractivity (Wildman–Crippen MR) is 106 cm³/mol. The Morgan fingerprint density at radius 2 is 1.83 bits per heavy atom. The fourth-order valence-electron chi connectivity index (χ4n) is 2.96. The maximum atomic E-state index is 12.5. The van der Waals surface area contributed by atoms with Crippen molar-refractivity contribution >= 4 is 29.5 Å². The minimum atomic E-state index is -1.24. The van der Waals surface area contributed by atoms with Gasteiger partial charge in [0.1, 0.15) is 17.6 Å². The van der Waals surface area contributed by atoms with Crippen LogP contribution in [0.3, 0.4) is 0 Å². The van der Waals surface area contributed by atoms with Crippen LogP contribution in [0.15, 0.2) is 48.5 Å². The average Bonchev–Trinajstić information content (AvgIpc) is 3.10. The Kier molecular flexibility index (Phi) is 5.86. The number of carboxylic acids is 1. The highest BCUT2D eigenvalue weighted by Gasteiger charge is 2.38. The molecule has 0 bridgehead atoms. The number of hydrogen-bond acceptors (Lipinski definition) is 6. The van der Waals surface area contributed by atoms with Crippen molar-refractivity contribution in [2.45, 2.75) is 18.6 Å². The van der Waals surface area contributed by atoms with Crippen molar-refractivity contribution < 1.29 is 29.3 Å². The van der Waals surface area contributed by atoms with Gasteiger partial charge < -0.3 is 26.0 Å². The number of ether oxygens (including phenoxy) is 1. The SMILES string of the molecule is N=C(N)c1ccc(N2CC(C(=O)N[C@H](Cc3ccc(O)cc3)C(=O)O)OC2=O)cc1. The molecule has 30 heavy (non-hydrogen) atoms. The van der Waals surface area contributed by atoms with E-state index in [4.69, 9.17) is 15.9 Å². The zero-order chi connectivity index (χ0) is 21.8. The summed E-state index contributed by atoms with van der Waals surface area (Å²) in [7, 11) is 0. The normalized spacial score (nSPS) is 16.6. The number of aromatic hydroxyl groups is 1. The van der Waals surface area contributed by atoms with Gasteiger partial charge in [-0.05, 0) is 42.0 Å². The van der Waals surface area contributed by atoms with E-state index in [1.54, 1.807) is 36.4 Å². The van der Waals surface area contributed by atoms with Crippen molar-refractivity contribution in [1.29, 1.82) is 5.41 Å². The van der Waals surface area contributed by atoms with E-state index in [9.17, 15) is 24.6 Å². The fraction of sp³-hybridized carbons (Fsp3) is 0.200. The first-order chi connectivity index (χ1) is 14.2. The van der Waals surface area contributed by atoms with Crippen LogP contribution in [-0.4, -0.2) is 52.7 Å². The van der Waals surface area contributed by atoms with E-state index >= 15 is 0 Å². The summed E-state index contributed by atoms with van der Waals surface area (Å²) in [5.74, 6) is -2.03. The standard InChI is InChI=1S/C20H20N4O6/c21-17(22)12-3-5-13(6-4-12)24-10-16(30-20(24)29)18(26)23-15(19(27)28)9-11-1-7-14(25)8-2-11/h1-8,15-16,25H,9-10H2,(H3,21,22)(H,23,26)(H,27,28)/t15-,16?/m1/s1. The molecule has 2 atom stereocenters. The van der Waals surface area contributed by atoms with Crippen LogP contribution in [0.1, 0.15) is 11.1 Å². The molecule has 1 fully saturated rings. The van der Waals surface area contributed by atoms with Crippen molar-refractivity contribution in [2.24, 2.45) is 5.73 Å². The van der Waals surface area contributed by atoms with Crippen LogP contribution >= 0.6 is 0 Å². The molecule has 1 heterocycles. The van der Waals surface area contributed by atoms with Gasteiger partial charge >= 0.3 is 12.1 Å². The minimum absolute atomic E-state index is 0.00174. The Bertz CT molecular complexity index is 974. The molecule has 10 heteroatoms. The van der Waals surface area contributed by atoms with E-state index in [1.165, 1.54) is 17.0 Å². The number of aliphatic carboxylic acids is 1. The lowest BCUT2D eigenvalue weighted by atomic mass is 10.1. The number of amides is 2. The summed E-state index contributed by atoms with van der Waals surface area (Å²) in [5.41, 5.74) is 6.95. The van der Waals surface area contributed by atoms with Crippen molar-refractivity contribution in [3.05, 3.63) is 59.7 Å². The highest BCUT2D eigenvalue weighted by atomic mass is 16.6. The number of nitrogen functional groups attached to an aromatic ring is 1. The summed E-state index contributed by atoms with van der Waals surface area (Å²) in [6.07, 6.45) is -1.92. The van der Waals surface area contributed by atoms with E-state index in [0.29, 0.717) is 16.8 Å². The Morgan fingerprint density at radius 1 is 1.20 bits per heavy atom. The van der Waals surface area contributed by atoms with Gasteiger partial charge in [-0.2, -0.15) is 0 Å². The number of benzene rings is 2. The molecular formula is C20H20N4O6. The van der Waals surface area contributed by atoms with Gasteiger partial charge in [-0.25, -0.2) is 9.59 Å². The third kappa shape index (κ3) is 4.66. The second-order valence-corrected chi connectivity index (χ2v) is 6.71. The van der Waals surface area contributed by atoms with Crippen LogP contribution in [0.4, 0.5) is 10.5 Å². The Labute approximate surface area is 171 Å². The first-order valence-corrected chi connectivity index (χ1v) is 8.98. The minimum Gasteiger partial charge on any atom is -0.508 e. The zero-order valence-electron chi connectivity index (χ0n) is 15.7. The topological polar surface area (TPSA) is 166 Å². The summed E-state index contributed by atoms with van der Waals surface area (Å²) in [6, 6.07) is 11.0. The number of nitrogens with two attached hydrogens (primary N) is 1. The second kappa shape index (κ2) is 8.52.